The number of Topliss-reactive ketones (excluding diaryl/α,β-unsaturated/α-hetero) is 1. The van der Waals surface area contributed by atoms with Gasteiger partial charge < -0.3 is 0 Å². The van der Waals surface area contributed by atoms with Gasteiger partial charge in [0.15, 0.2) is 5.78 Å². The molecule has 0 aliphatic heterocycles. The molecule has 7 aliphatic rings. The van der Waals surface area contributed by atoms with Crippen molar-refractivity contribution in [3.05, 3.63) is 505 Å². The first kappa shape index (κ1) is 82.6. The molecule has 134 heavy (non-hydrogen) atoms. The molecule has 0 atom stereocenters. The van der Waals surface area contributed by atoms with Crippen LogP contribution in [0.2, 0.25) is 0 Å². The number of terminal acetylenes is 2. The van der Waals surface area contributed by atoms with Gasteiger partial charge in [-0.3, -0.25) is 4.79 Å². The van der Waals surface area contributed by atoms with Crippen LogP contribution in [0.15, 0.2) is 449 Å². The predicted molar refractivity (Wildman–Crippen MR) is 561 cm³/mol. The summed E-state index contributed by atoms with van der Waals surface area (Å²) in [5.74, 6) is 5.77. The fourth-order valence-corrected chi connectivity index (χ4v) is 25.6. The molecule has 25 rings (SSSR count). The average Bonchev–Trinajstić information content (AvgIpc) is 1.52. The van der Waals surface area contributed by atoms with Gasteiger partial charge in [-0.15, -0.1) is 12.8 Å². The topological polar surface area (TPSA) is 17.1 Å². The van der Waals surface area contributed by atoms with E-state index in [1.165, 1.54) is 222 Å². The van der Waals surface area contributed by atoms with Crippen LogP contribution >= 0.6 is 0 Å². The Bertz CT molecular complexity index is 7200. The van der Waals surface area contributed by atoms with E-state index >= 15 is 0 Å². The van der Waals surface area contributed by atoms with E-state index in [-0.39, 0.29) is 27.4 Å². The van der Waals surface area contributed by atoms with Crippen molar-refractivity contribution in [3.8, 4) is 158 Å². The van der Waals surface area contributed by atoms with Gasteiger partial charge in [0.05, 0.1) is 0 Å². The van der Waals surface area contributed by atoms with Crippen molar-refractivity contribution in [3.63, 3.8) is 0 Å². The Kier molecular flexibility index (Phi) is 21.5. The lowest BCUT2D eigenvalue weighted by Gasteiger charge is -2.48. The summed E-state index contributed by atoms with van der Waals surface area (Å²) in [7, 11) is 0. The fraction of sp³-hybridized carbons (Fsp3) is 0.120. The first-order chi connectivity index (χ1) is 66.3. The van der Waals surface area contributed by atoms with Gasteiger partial charge in [-0.1, -0.05) is 438 Å². The molecule has 7 aliphatic carbocycles. The molecule has 0 spiro atoms. The molecular weight excluding hydrogens is 1610 g/mol. The summed E-state index contributed by atoms with van der Waals surface area (Å²) in [6.07, 6.45) is 26.4. The minimum Gasteiger partial charge on any atom is -0.289 e. The largest absolute Gasteiger partial charge is 0.289 e. The van der Waals surface area contributed by atoms with Gasteiger partial charge in [0, 0.05) is 55.1 Å². The Labute approximate surface area is 788 Å². The van der Waals surface area contributed by atoms with Crippen molar-refractivity contribution >= 4 is 28.1 Å². The summed E-state index contributed by atoms with van der Waals surface area (Å²) in [6, 6.07) is 163. The van der Waals surface area contributed by atoms with Gasteiger partial charge in [0.2, 0.25) is 0 Å². The lowest BCUT2D eigenvalue weighted by Crippen LogP contribution is -2.43. The average molecular weight is 1710 g/mol. The molecule has 0 N–H and O–H groups in total. The van der Waals surface area contributed by atoms with Crippen LogP contribution in [-0.2, 0) is 26.5 Å². The van der Waals surface area contributed by atoms with E-state index in [0.717, 1.165) is 55.7 Å². The zero-order valence-electron chi connectivity index (χ0n) is 75.3. The molecule has 4 saturated carbocycles. The monoisotopic (exact) mass is 1710 g/mol. The van der Waals surface area contributed by atoms with Crippen molar-refractivity contribution in [2.24, 2.45) is 0 Å². The Morgan fingerprint density at radius 2 is 0.366 bits per heavy atom. The first-order valence-corrected chi connectivity index (χ1v) is 47.9. The number of hydrogen-bond donors (Lipinski definition) is 0. The van der Waals surface area contributed by atoms with Crippen LogP contribution in [-0.4, -0.2) is 5.78 Å². The van der Waals surface area contributed by atoms with Crippen molar-refractivity contribution in [2.75, 3.05) is 0 Å². The molecular formula is C133H100O. The van der Waals surface area contributed by atoms with Gasteiger partial charge in [0.1, 0.15) is 0 Å². The highest BCUT2D eigenvalue weighted by Crippen LogP contribution is 2.72. The number of allylic oxidation sites excluding steroid dienone is 4. The SMILES string of the molecule is C#Cc1ccc2c(c1)C13CCCC1(CCC3)c1cc(C#C)ccc1-2.O=C1C(c2ccccc2)=C(c2ccccc2)C(c2ccccc2)=C1c1ccccc1.c1ccc(-c2cc(-c3ccc4c(c3)C35CCCC3(CCC5)c3cc(-c5cc(-c6ccccc6)c(-c6ccccc6)c(-c6ccccc6)c5-c5ccccc5)ccc3-4)c(-c3ccccc3)c(-c3ccccc3)c2-c2ccccc2)cc1. The number of hydrogen-bond acceptors (Lipinski definition) is 1. The lowest BCUT2D eigenvalue weighted by molar-refractivity contribution is -0.108. The minimum absolute atomic E-state index is 0.0230. The molecule has 0 radical (unpaired) electrons. The summed E-state index contributed by atoms with van der Waals surface area (Å²) < 4.78 is 0. The fourth-order valence-electron chi connectivity index (χ4n) is 25.6. The second-order valence-corrected chi connectivity index (χ2v) is 37.5. The maximum atomic E-state index is 14.0. The second kappa shape index (κ2) is 34.8. The normalized spacial score (nSPS) is 18.3. The van der Waals surface area contributed by atoms with Crippen molar-refractivity contribution in [1.82, 2.24) is 0 Å². The van der Waals surface area contributed by atoms with Crippen molar-refractivity contribution in [1.29, 1.82) is 0 Å². The Hall–Kier alpha value is -15.8. The molecule has 0 saturated heterocycles. The van der Waals surface area contributed by atoms with Crippen LogP contribution in [0.4, 0.5) is 0 Å². The molecule has 0 unspecified atom stereocenters. The summed E-state index contributed by atoms with van der Waals surface area (Å²) in [5.41, 5.74) is 46.7. The smallest absolute Gasteiger partial charge is 0.195 e. The lowest BCUT2D eigenvalue weighted by atomic mass is 9.55. The minimum atomic E-state index is 0.0230. The van der Waals surface area contributed by atoms with E-state index in [1.807, 2.05) is 97.1 Å². The molecule has 1 nitrogen and oxygen atoms in total. The van der Waals surface area contributed by atoms with Gasteiger partial charge in [0.25, 0.3) is 0 Å². The third-order valence-electron chi connectivity index (χ3n) is 31.0. The maximum absolute atomic E-state index is 14.0. The number of benzene rings is 18. The van der Waals surface area contributed by atoms with E-state index in [0.29, 0.717) is 0 Å². The number of carbonyl (C=O) groups is 1. The molecule has 4 fully saturated rings. The maximum Gasteiger partial charge on any atom is 0.195 e. The molecule has 1 heteroatoms. The standard InChI is InChI=1S/C80H60.C29H20O.C24H20/c1-9-27-55(28-10-1)67-53-69(75(59-35-17-5-18-36-59)77(61-39-21-7-22-40-61)73(67)57-31-13-3-14-32-57)63-43-45-65-66-46-44-64(52-72(66)80-49-25-47-79(80,48-26-50-80)71(65)51-63)70-54-68(56-29-11-2-12-30-56)74(58-33-15-4-16-34-58)78(62-41-23-8-24-42-62)76(70)60-37-19-6-20-38-60;30-29-27(23-17-9-3-10-18-23)25(21-13-5-1-6-14-21)26(22-15-7-2-8-16-22)28(29)24-19-11-4-12-20-24;1-3-17-7-9-19-20-10-8-18(4-2)16-22(20)24-13-5-11-23(24,12-6-14-24)21(19)15-17/h1-24,27-46,51-54H,25-26,47-50H2;1-20H;1-2,7-10,15-16H,5-6,11-14H2. The van der Waals surface area contributed by atoms with Gasteiger partial charge in [-0.2, -0.15) is 0 Å². The van der Waals surface area contributed by atoms with Gasteiger partial charge in [-0.25, -0.2) is 0 Å². The highest BCUT2D eigenvalue weighted by atomic mass is 16.1. The highest BCUT2D eigenvalue weighted by molar-refractivity contribution is 6.59. The van der Waals surface area contributed by atoms with E-state index in [2.05, 4.69) is 364 Å². The van der Waals surface area contributed by atoms with E-state index < -0.39 is 0 Å². The molecule has 0 aromatic heterocycles. The summed E-state index contributed by atoms with van der Waals surface area (Å²) in [5, 5.41) is 0. The molecule has 0 heterocycles. The van der Waals surface area contributed by atoms with Crippen LogP contribution in [0.1, 0.15) is 133 Å². The molecule has 0 bridgehead atoms. The summed E-state index contributed by atoms with van der Waals surface area (Å²) in [4.78, 5) is 14.0. The number of carbonyl (C=O) groups excluding carboxylic acids is 1. The van der Waals surface area contributed by atoms with Crippen LogP contribution in [0.25, 0.3) is 156 Å². The Morgan fingerprint density at radius 3 is 0.604 bits per heavy atom. The summed E-state index contributed by atoms with van der Waals surface area (Å²) in [6.45, 7) is 0. The van der Waals surface area contributed by atoms with E-state index in [9.17, 15) is 4.79 Å². The zero-order chi connectivity index (χ0) is 89.7. The zero-order valence-corrected chi connectivity index (χ0v) is 75.3. The Morgan fingerprint density at radius 1 is 0.172 bits per heavy atom. The van der Waals surface area contributed by atoms with Gasteiger partial charge >= 0.3 is 0 Å². The molecule has 18 aromatic rings. The van der Waals surface area contributed by atoms with E-state index in [4.69, 9.17) is 12.8 Å². The number of rotatable bonds is 14. The van der Waals surface area contributed by atoms with Crippen LogP contribution < -0.4 is 0 Å². The van der Waals surface area contributed by atoms with Crippen molar-refractivity contribution in [2.45, 2.75) is 98.7 Å². The third kappa shape index (κ3) is 13.8. The van der Waals surface area contributed by atoms with Gasteiger partial charge in [-0.05, 0) is 278 Å². The summed E-state index contributed by atoms with van der Waals surface area (Å²) >= 11 is 0. The Balaban J connectivity index is 0.000000151. The number of fused-ring (bicyclic) bond motifs is 6. The van der Waals surface area contributed by atoms with Crippen molar-refractivity contribution < 1.29 is 4.79 Å². The predicted octanol–water partition coefficient (Wildman–Crippen LogP) is 33.8. The second-order valence-electron chi connectivity index (χ2n) is 37.5. The van der Waals surface area contributed by atoms with Crippen LogP contribution in [0, 0.1) is 24.7 Å². The third-order valence-corrected chi connectivity index (χ3v) is 31.0. The quantitative estimate of drug-likeness (QED) is 0.0992. The highest BCUT2D eigenvalue weighted by Gasteiger charge is 2.64. The van der Waals surface area contributed by atoms with Crippen LogP contribution in [0.5, 0.6) is 0 Å². The van der Waals surface area contributed by atoms with Crippen LogP contribution in [0.3, 0.4) is 0 Å². The molecule has 638 valence electrons. The van der Waals surface area contributed by atoms with E-state index in [1.54, 1.807) is 11.1 Å². The molecule has 18 aromatic carbocycles. The molecule has 0 amide bonds. The first-order valence-electron chi connectivity index (χ1n) is 47.9. The number of ketones is 1.